The largest absolute Gasteiger partial charge is 0.440 e. The van der Waals surface area contributed by atoms with Gasteiger partial charge in [-0.2, -0.15) is 0 Å². The van der Waals surface area contributed by atoms with Crippen molar-refractivity contribution in [2.24, 2.45) is 0 Å². The maximum absolute atomic E-state index is 12.9. The van der Waals surface area contributed by atoms with Gasteiger partial charge in [-0.3, -0.25) is 0 Å². The van der Waals surface area contributed by atoms with Crippen molar-refractivity contribution < 1.29 is 12.8 Å². The minimum atomic E-state index is -3.64. The van der Waals surface area contributed by atoms with E-state index in [2.05, 4.69) is 9.71 Å². The summed E-state index contributed by atoms with van der Waals surface area (Å²) in [6.45, 7) is 4.03. The monoisotopic (exact) mass is 382 g/mol. The fourth-order valence-corrected chi connectivity index (χ4v) is 4.35. The highest BCUT2D eigenvalue weighted by Gasteiger charge is 2.29. The molecule has 27 heavy (non-hydrogen) atoms. The third kappa shape index (κ3) is 3.96. The maximum Gasteiger partial charge on any atom is 0.241 e. The van der Waals surface area contributed by atoms with Gasteiger partial charge < -0.3 is 4.42 Å². The van der Waals surface area contributed by atoms with Gasteiger partial charge in [-0.1, -0.05) is 42.0 Å². The number of nitrogens with one attached hydrogen (secondary N) is 1. The van der Waals surface area contributed by atoms with E-state index < -0.39 is 10.0 Å². The highest BCUT2D eigenvalue weighted by atomic mass is 32.2. The highest BCUT2D eigenvalue weighted by molar-refractivity contribution is 7.89. The van der Waals surface area contributed by atoms with Crippen LogP contribution in [0.5, 0.6) is 0 Å². The van der Waals surface area contributed by atoms with Crippen LogP contribution in [-0.2, 0) is 16.6 Å². The standard InChI is InChI=1S/C21H22N2O3S/c1-14-4-3-5-16(10-14)12-23-27(24,25)20-11-18(7-6-15(20)2)19-13-22-21(26-19)17-8-9-17/h3-7,10-11,13,17,23H,8-9,12H2,1-2H3. The lowest BCUT2D eigenvalue weighted by molar-refractivity contribution is 0.509. The van der Waals surface area contributed by atoms with E-state index in [1.807, 2.05) is 37.3 Å². The van der Waals surface area contributed by atoms with E-state index in [1.54, 1.807) is 25.3 Å². The van der Waals surface area contributed by atoms with Crippen LogP contribution in [0.1, 0.15) is 41.3 Å². The summed E-state index contributed by atoms with van der Waals surface area (Å²) >= 11 is 0. The van der Waals surface area contributed by atoms with Crippen molar-refractivity contribution in [3.05, 3.63) is 71.2 Å². The van der Waals surface area contributed by atoms with Crippen LogP contribution in [0, 0.1) is 13.8 Å². The molecule has 6 heteroatoms. The lowest BCUT2D eigenvalue weighted by Crippen LogP contribution is -2.24. The Morgan fingerprint density at radius 3 is 2.70 bits per heavy atom. The number of nitrogens with zero attached hydrogens (tertiary/aromatic N) is 1. The van der Waals surface area contributed by atoms with Gasteiger partial charge >= 0.3 is 0 Å². The Hall–Kier alpha value is -2.44. The Morgan fingerprint density at radius 1 is 1.15 bits per heavy atom. The number of benzene rings is 2. The molecule has 1 aliphatic rings. The van der Waals surface area contributed by atoms with Crippen LogP contribution in [0.3, 0.4) is 0 Å². The van der Waals surface area contributed by atoms with Crippen LogP contribution >= 0.6 is 0 Å². The fourth-order valence-electron chi connectivity index (χ4n) is 3.06. The van der Waals surface area contributed by atoms with E-state index in [1.165, 1.54) is 0 Å². The molecule has 1 fully saturated rings. The second kappa shape index (κ2) is 6.94. The zero-order chi connectivity index (χ0) is 19.0. The molecule has 3 aromatic rings. The number of hydrogen-bond acceptors (Lipinski definition) is 4. The van der Waals surface area contributed by atoms with Crippen molar-refractivity contribution in [1.82, 2.24) is 9.71 Å². The molecule has 0 spiro atoms. The first-order valence-corrected chi connectivity index (χ1v) is 10.5. The summed E-state index contributed by atoms with van der Waals surface area (Å²) in [6, 6.07) is 13.1. The summed E-state index contributed by atoms with van der Waals surface area (Å²) in [4.78, 5) is 4.58. The van der Waals surface area contributed by atoms with E-state index in [4.69, 9.17) is 4.42 Å². The molecule has 1 aromatic heterocycles. The molecule has 0 unspecified atom stereocenters. The quantitative estimate of drug-likeness (QED) is 0.689. The highest BCUT2D eigenvalue weighted by Crippen LogP contribution is 2.40. The Morgan fingerprint density at radius 2 is 1.96 bits per heavy atom. The second-order valence-electron chi connectivity index (χ2n) is 7.13. The average Bonchev–Trinajstić information content (AvgIpc) is 3.38. The van der Waals surface area contributed by atoms with E-state index in [0.717, 1.165) is 35.4 Å². The van der Waals surface area contributed by atoms with Gasteiger partial charge in [-0.05, 0) is 43.9 Å². The van der Waals surface area contributed by atoms with E-state index in [9.17, 15) is 8.42 Å². The van der Waals surface area contributed by atoms with Crippen molar-refractivity contribution in [1.29, 1.82) is 0 Å². The summed E-state index contributed by atoms with van der Waals surface area (Å²) in [5, 5.41) is 0. The summed E-state index contributed by atoms with van der Waals surface area (Å²) in [5.74, 6) is 1.77. The van der Waals surface area contributed by atoms with Crippen molar-refractivity contribution in [2.45, 2.75) is 44.0 Å². The van der Waals surface area contributed by atoms with Crippen LogP contribution in [0.15, 0.2) is 58.0 Å². The smallest absolute Gasteiger partial charge is 0.241 e. The molecule has 140 valence electrons. The minimum absolute atomic E-state index is 0.252. The van der Waals surface area contributed by atoms with Gasteiger partial charge in [0.15, 0.2) is 11.7 Å². The third-order valence-corrected chi connectivity index (χ3v) is 6.30. The molecule has 0 aliphatic heterocycles. The predicted octanol–water partition coefficient (Wildman–Crippen LogP) is 4.31. The molecule has 1 heterocycles. The molecule has 0 saturated heterocycles. The van der Waals surface area contributed by atoms with Crippen LogP contribution in [-0.4, -0.2) is 13.4 Å². The molecule has 0 bridgehead atoms. The van der Waals surface area contributed by atoms with Gasteiger partial charge in [-0.15, -0.1) is 0 Å². The third-order valence-electron chi connectivity index (χ3n) is 4.76. The zero-order valence-corrected chi connectivity index (χ0v) is 16.2. The van der Waals surface area contributed by atoms with Gasteiger partial charge in [0, 0.05) is 18.0 Å². The first kappa shape index (κ1) is 17.9. The van der Waals surface area contributed by atoms with Crippen LogP contribution in [0.4, 0.5) is 0 Å². The van der Waals surface area contributed by atoms with Crippen molar-refractivity contribution in [3.63, 3.8) is 0 Å². The molecule has 4 rings (SSSR count). The summed E-state index contributed by atoms with van der Waals surface area (Å²) in [5.41, 5.74) is 3.44. The molecular formula is C21H22N2O3S. The first-order valence-electron chi connectivity index (χ1n) is 9.04. The Labute approximate surface area is 159 Å². The molecule has 1 aliphatic carbocycles. The number of aromatic nitrogens is 1. The molecule has 0 atom stereocenters. The van der Waals surface area contributed by atoms with E-state index in [0.29, 0.717) is 17.2 Å². The van der Waals surface area contributed by atoms with Crippen LogP contribution < -0.4 is 4.72 Å². The first-order chi connectivity index (χ1) is 12.9. The zero-order valence-electron chi connectivity index (χ0n) is 15.4. The predicted molar refractivity (Wildman–Crippen MR) is 104 cm³/mol. The molecule has 2 aromatic carbocycles. The van der Waals surface area contributed by atoms with Crippen molar-refractivity contribution in [3.8, 4) is 11.3 Å². The van der Waals surface area contributed by atoms with E-state index >= 15 is 0 Å². The molecule has 1 saturated carbocycles. The topological polar surface area (TPSA) is 72.2 Å². The maximum atomic E-state index is 12.9. The molecule has 5 nitrogen and oxygen atoms in total. The Bertz CT molecular complexity index is 1080. The number of rotatable bonds is 6. The number of oxazole rings is 1. The van der Waals surface area contributed by atoms with Gasteiger partial charge in [0.05, 0.1) is 11.1 Å². The Kier molecular flexibility index (Phi) is 4.61. The van der Waals surface area contributed by atoms with Gasteiger partial charge in [0.1, 0.15) is 0 Å². The lowest BCUT2D eigenvalue weighted by Gasteiger charge is -2.11. The van der Waals surface area contributed by atoms with Gasteiger partial charge in [0.25, 0.3) is 0 Å². The minimum Gasteiger partial charge on any atom is -0.440 e. The van der Waals surface area contributed by atoms with Crippen molar-refractivity contribution in [2.75, 3.05) is 0 Å². The molecule has 1 N–H and O–H groups in total. The van der Waals surface area contributed by atoms with E-state index in [-0.39, 0.29) is 11.4 Å². The average molecular weight is 382 g/mol. The molecular weight excluding hydrogens is 360 g/mol. The SMILES string of the molecule is Cc1cccc(CNS(=O)(=O)c2cc(-c3cnc(C4CC4)o3)ccc2C)c1. The normalized spacial score (nSPS) is 14.4. The Balaban J connectivity index is 1.59. The fraction of sp³-hybridized carbons (Fsp3) is 0.286. The number of hydrogen-bond donors (Lipinski definition) is 1. The summed E-state index contributed by atoms with van der Waals surface area (Å²) in [7, 11) is -3.64. The number of sulfonamides is 1. The van der Waals surface area contributed by atoms with Gasteiger partial charge in [-0.25, -0.2) is 18.1 Å². The van der Waals surface area contributed by atoms with Gasteiger partial charge in [0.2, 0.25) is 10.0 Å². The van der Waals surface area contributed by atoms with Crippen LogP contribution in [0.2, 0.25) is 0 Å². The van der Waals surface area contributed by atoms with Crippen LogP contribution in [0.25, 0.3) is 11.3 Å². The van der Waals surface area contributed by atoms with Crippen molar-refractivity contribution >= 4 is 10.0 Å². The lowest BCUT2D eigenvalue weighted by atomic mass is 10.1. The summed E-state index contributed by atoms with van der Waals surface area (Å²) < 4.78 is 34.2. The second-order valence-corrected chi connectivity index (χ2v) is 8.87. The molecule has 0 amide bonds. The number of aryl methyl sites for hydroxylation is 2. The molecule has 0 radical (unpaired) electrons. The summed E-state index contributed by atoms with van der Waals surface area (Å²) in [6.07, 6.45) is 3.89.